The Labute approximate surface area is 104 Å². The Hall–Kier alpha value is -1.10. The van der Waals surface area contributed by atoms with Crippen LogP contribution in [0.15, 0.2) is 0 Å². The van der Waals surface area contributed by atoms with Crippen LogP contribution >= 0.6 is 0 Å². The Morgan fingerprint density at radius 2 is 1.82 bits per heavy atom. The first kappa shape index (κ1) is 15.9. The fourth-order valence-corrected chi connectivity index (χ4v) is 1.37. The van der Waals surface area contributed by atoms with Crippen LogP contribution in [-0.2, 0) is 9.59 Å². The molecule has 3 N–H and O–H groups in total. The molecule has 5 nitrogen and oxygen atoms in total. The minimum absolute atomic E-state index is 0.0998. The number of hydrogen-bond acceptors (Lipinski definition) is 3. The topological polar surface area (TPSA) is 75.4 Å². The van der Waals surface area contributed by atoms with E-state index in [4.69, 9.17) is 5.73 Å². The Morgan fingerprint density at radius 1 is 1.29 bits per heavy atom. The maximum absolute atomic E-state index is 11.8. The first-order valence-corrected chi connectivity index (χ1v) is 6.16. The monoisotopic (exact) mass is 243 g/mol. The van der Waals surface area contributed by atoms with Gasteiger partial charge in [0.2, 0.25) is 11.8 Å². The molecule has 0 aromatic carbocycles. The molecular formula is C12H25N3O2. The Morgan fingerprint density at radius 3 is 2.24 bits per heavy atom. The lowest BCUT2D eigenvalue weighted by Gasteiger charge is -2.23. The molecule has 3 unspecified atom stereocenters. The average Bonchev–Trinajstić information content (AvgIpc) is 2.34. The predicted octanol–water partition coefficient (Wildman–Crippen LogP) is 0.343. The summed E-state index contributed by atoms with van der Waals surface area (Å²) in [6.45, 7) is 8.09. The summed E-state index contributed by atoms with van der Waals surface area (Å²) in [6.07, 6.45) is 0.839. The molecule has 0 aromatic heterocycles. The van der Waals surface area contributed by atoms with Crippen molar-refractivity contribution < 1.29 is 9.59 Å². The van der Waals surface area contributed by atoms with E-state index >= 15 is 0 Å². The van der Waals surface area contributed by atoms with Crippen LogP contribution in [0.4, 0.5) is 0 Å². The van der Waals surface area contributed by atoms with E-state index in [2.05, 4.69) is 5.32 Å². The van der Waals surface area contributed by atoms with Gasteiger partial charge in [-0.15, -0.1) is 0 Å². The van der Waals surface area contributed by atoms with E-state index in [-0.39, 0.29) is 17.7 Å². The number of nitrogens with zero attached hydrogens (tertiary/aromatic N) is 1. The standard InChI is InChI=1S/C12H25N3O2/c1-6-8(3)10(13)11(16)14-9(4)12(17)15(5)7-2/h8-10H,6-7,13H2,1-5H3,(H,14,16). The van der Waals surface area contributed by atoms with Crippen molar-refractivity contribution in [2.24, 2.45) is 11.7 Å². The van der Waals surface area contributed by atoms with Gasteiger partial charge in [0.05, 0.1) is 6.04 Å². The number of amides is 2. The molecule has 0 aliphatic rings. The molecule has 0 saturated heterocycles. The zero-order valence-corrected chi connectivity index (χ0v) is 11.5. The quantitative estimate of drug-likeness (QED) is 0.706. The summed E-state index contributed by atoms with van der Waals surface area (Å²) in [5.41, 5.74) is 5.79. The van der Waals surface area contributed by atoms with Crippen LogP contribution in [0.5, 0.6) is 0 Å². The first-order chi connectivity index (χ1) is 7.84. The van der Waals surface area contributed by atoms with Gasteiger partial charge in [0, 0.05) is 13.6 Å². The van der Waals surface area contributed by atoms with Gasteiger partial charge in [-0.05, 0) is 19.8 Å². The van der Waals surface area contributed by atoms with E-state index in [1.807, 2.05) is 20.8 Å². The molecule has 17 heavy (non-hydrogen) atoms. The molecule has 0 rings (SSSR count). The van der Waals surface area contributed by atoms with Crippen LogP contribution in [-0.4, -0.2) is 42.4 Å². The molecule has 0 radical (unpaired) electrons. The van der Waals surface area contributed by atoms with E-state index in [9.17, 15) is 9.59 Å². The SMILES string of the molecule is CCC(C)C(N)C(=O)NC(C)C(=O)N(C)CC. The van der Waals surface area contributed by atoms with Crippen LogP contribution in [0.25, 0.3) is 0 Å². The van der Waals surface area contributed by atoms with Gasteiger partial charge in [0.1, 0.15) is 6.04 Å². The van der Waals surface area contributed by atoms with Gasteiger partial charge < -0.3 is 16.0 Å². The van der Waals surface area contributed by atoms with Crippen LogP contribution in [0.2, 0.25) is 0 Å². The van der Waals surface area contributed by atoms with E-state index in [1.54, 1.807) is 18.9 Å². The van der Waals surface area contributed by atoms with Crippen LogP contribution < -0.4 is 11.1 Å². The third-order valence-corrected chi connectivity index (χ3v) is 3.14. The number of carbonyl (C=O) groups excluding carboxylic acids is 2. The number of likely N-dealkylation sites (N-methyl/N-ethyl adjacent to an activating group) is 1. The highest BCUT2D eigenvalue weighted by Gasteiger charge is 2.24. The van der Waals surface area contributed by atoms with Gasteiger partial charge in [-0.3, -0.25) is 9.59 Å². The molecule has 3 atom stereocenters. The van der Waals surface area contributed by atoms with Gasteiger partial charge in [-0.1, -0.05) is 20.3 Å². The number of carbonyl (C=O) groups is 2. The van der Waals surface area contributed by atoms with Gasteiger partial charge >= 0.3 is 0 Å². The second-order valence-corrected chi connectivity index (χ2v) is 4.49. The van der Waals surface area contributed by atoms with Crippen molar-refractivity contribution in [1.29, 1.82) is 0 Å². The molecule has 0 bridgehead atoms. The van der Waals surface area contributed by atoms with E-state index < -0.39 is 12.1 Å². The third kappa shape index (κ3) is 4.73. The lowest BCUT2D eigenvalue weighted by atomic mass is 9.99. The lowest BCUT2D eigenvalue weighted by molar-refractivity contribution is -0.135. The number of nitrogens with one attached hydrogen (secondary N) is 1. The Balaban J connectivity index is 4.34. The Kier molecular flexibility index (Phi) is 6.80. The van der Waals surface area contributed by atoms with Crippen molar-refractivity contribution in [2.75, 3.05) is 13.6 Å². The number of hydrogen-bond donors (Lipinski definition) is 2. The molecule has 0 aromatic rings. The highest BCUT2D eigenvalue weighted by molar-refractivity contribution is 5.89. The molecule has 0 saturated carbocycles. The second kappa shape index (κ2) is 7.27. The summed E-state index contributed by atoms with van der Waals surface area (Å²) in [4.78, 5) is 25.1. The van der Waals surface area contributed by atoms with Crippen molar-refractivity contribution >= 4 is 11.8 Å². The number of rotatable bonds is 6. The second-order valence-electron chi connectivity index (χ2n) is 4.49. The van der Waals surface area contributed by atoms with Crippen molar-refractivity contribution in [3.8, 4) is 0 Å². The molecule has 0 fully saturated rings. The summed E-state index contributed by atoms with van der Waals surface area (Å²) in [5, 5.41) is 2.65. The Bertz CT molecular complexity index is 268. The van der Waals surface area contributed by atoms with E-state index in [0.717, 1.165) is 6.42 Å². The maximum Gasteiger partial charge on any atom is 0.244 e. The fourth-order valence-electron chi connectivity index (χ4n) is 1.37. The minimum Gasteiger partial charge on any atom is -0.344 e. The molecule has 0 spiro atoms. The van der Waals surface area contributed by atoms with Crippen LogP contribution in [0.3, 0.4) is 0 Å². The van der Waals surface area contributed by atoms with Crippen LogP contribution in [0.1, 0.15) is 34.1 Å². The molecule has 5 heteroatoms. The zero-order chi connectivity index (χ0) is 13.6. The first-order valence-electron chi connectivity index (χ1n) is 6.16. The molecule has 2 amide bonds. The van der Waals surface area contributed by atoms with Gasteiger partial charge in [0.25, 0.3) is 0 Å². The number of nitrogens with two attached hydrogens (primary N) is 1. The summed E-state index contributed by atoms with van der Waals surface area (Å²) in [7, 11) is 1.71. The zero-order valence-electron chi connectivity index (χ0n) is 11.5. The highest BCUT2D eigenvalue weighted by Crippen LogP contribution is 2.05. The largest absolute Gasteiger partial charge is 0.344 e. The summed E-state index contributed by atoms with van der Waals surface area (Å²) in [5.74, 6) is -0.247. The van der Waals surface area contributed by atoms with Crippen molar-refractivity contribution in [3.63, 3.8) is 0 Å². The molecule has 0 heterocycles. The maximum atomic E-state index is 11.8. The molecular weight excluding hydrogens is 218 g/mol. The summed E-state index contributed by atoms with van der Waals surface area (Å²) < 4.78 is 0. The summed E-state index contributed by atoms with van der Waals surface area (Å²) in [6, 6.07) is -1.08. The molecule has 0 aliphatic carbocycles. The summed E-state index contributed by atoms with van der Waals surface area (Å²) >= 11 is 0. The van der Waals surface area contributed by atoms with Gasteiger partial charge in [-0.2, -0.15) is 0 Å². The van der Waals surface area contributed by atoms with Gasteiger partial charge in [0.15, 0.2) is 0 Å². The van der Waals surface area contributed by atoms with Crippen molar-refractivity contribution in [1.82, 2.24) is 10.2 Å². The fraction of sp³-hybridized carbons (Fsp3) is 0.833. The van der Waals surface area contributed by atoms with Crippen molar-refractivity contribution in [3.05, 3.63) is 0 Å². The van der Waals surface area contributed by atoms with Crippen molar-refractivity contribution in [2.45, 2.75) is 46.2 Å². The molecule has 100 valence electrons. The molecule has 0 aliphatic heterocycles. The highest BCUT2D eigenvalue weighted by atomic mass is 16.2. The lowest BCUT2D eigenvalue weighted by Crippen LogP contribution is -2.52. The average molecular weight is 243 g/mol. The predicted molar refractivity (Wildman–Crippen MR) is 68.3 cm³/mol. The smallest absolute Gasteiger partial charge is 0.244 e. The third-order valence-electron chi connectivity index (χ3n) is 3.14. The minimum atomic E-state index is -0.554. The van der Waals surface area contributed by atoms with Gasteiger partial charge in [-0.25, -0.2) is 0 Å². The van der Waals surface area contributed by atoms with E-state index in [1.165, 1.54) is 0 Å². The normalized spacial score (nSPS) is 15.9. The van der Waals surface area contributed by atoms with E-state index in [0.29, 0.717) is 6.54 Å². The van der Waals surface area contributed by atoms with Crippen LogP contribution in [0, 0.1) is 5.92 Å².